The van der Waals surface area contributed by atoms with Gasteiger partial charge in [-0.2, -0.15) is 0 Å². The molecule has 4 heteroatoms. The molecule has 0 aromatic heterocycles. The summed E-state index contributed by atoms with van der Waals surface area (Å²) in [4.78, 5) is 10.5. The molecular weight excluding hydrogens is 166 g/mol. The van der Waals surface area contributed by atoms with E-state index in [1.807, 2.05) is 0 Å². The van der Waals surface area contributed by atoms with Crippen molar-refractivity contribution in [3.05, 3.63) is 0 Å². The van der Waals surface area contributed by atoms with E-state index >= 15 is 0 Å². The van der Waals surface area contributed by atoms with Gasteiger partial charge in [0, 0.05) is 6.54 Å². The number of hydrogen-bond donors (Lipinski definition) is 3. The molecule has 0 spiro atoms. The highest BCUT2D eigenvalue weighted by Crippen LogP contribution is 2.28. The molecule has 1 saturated carbocycles. The molecule has 13 heavy (non-hydrogen) atoms. The molecule has 2 unspecified atom stereocenters. The van der Waals surface area contributed by atoms with Crippen LogP contribution in [0.4, 0.5) is 4.79 Å². The van der Waals surface area contributed by atoms with Gasteiger partial charge in [0.2, 0.25) is 0 Å². The van der Waals surface area contributed by atoms with E-state index in [1.165, 1.54) is 25.7 Å². The van der Waals surface area contributed by atoms with Gasteiger partial charge in [-0.1, -0.05) is 12.8 Å². The van der Waals surface area contributed by atoms with E-state index in [0.717, 1.165) is 6.54 Å². The lowest BCUT2D eigenvalue weighted by atomic mass is 9.79. The van der Waals surface area contributed by atoms with Crippen LogP contribution in [0.5, 0.6) is 0 Å². The smallest absolute Gasteiger partial charge is 0.312 e. The molecular formula is C9H19N3O. The highest BCUT2D eigenvalue weighted by Gasteiger charge is 2.23. The maximum Gasteiger partial charge on any atom is 0.312 e. The Morgan fingerprint density at radius 1 is 1.31 bits per heavy atom. The molecule has 0 heterocycles. The van der Waals surface area contributed by atoms with Gasteiger partial charge in [-0.15, -0.1) is 0 Å². The molecule has 5 N–H and O–H groups in total. The lowest BCUT2D eigenvalue weighted by molar-refractivity contribution is 0.223. The normalized spacial score (nSPS) is 28.4. The van der Waals surface area contributed by atoms with Gasteiger partial charge >= 0.3 is 6.03 Å². The Morgan fingerprint density at radius 3 is 2.46 bits per heavy atom. The summed E-state index contributed by atoms with van der Waals surface area (Å²) in [5.41, 5.74) is 10.7. The van der Waals surface area contributed by atoms with Crippen LogP contribution in [0.15, 0.2) is 0 Å². The number of primary amides is 1. The molecule has 0 aliphatic heterocycles. The standard InChI is InChI=1S/C9H19N3O/c10-5-7-3-1-2-4-8(7)6-12-9(11)13/h7-8H,1-6,10H2,(H3,11,12,13). The Labute approximate surface area is 79.0 Å². The quantitative estimate of drug-likeness (QED) is 0.595. The number of amides is 2. The number of nitrogens with one attached hydrogen (secondary N) is 1. The maximum absolute atomic E-state index is 10.5. The minimum absolute atomic E-state index is 0.429. The predicted octanol–water partition coefficient (Wildman–Crippen LogP) is 0.420. The molecule has 2 atom stereocenters. The van der Waals surface area contributed by atoms with E-state index in [9.17, 15) is 4.79 Å². The first-order valence-electron chi connectivity index (χ1n) is 4.97. The van der Waals surface area contributed by atoms with E-state index in [-0.39, 0.29) is 0 Å². The lowest BCUT2D eigenvalue weighted by Crippen LogP contribution is -2.39. The Morgan fingerprint density at radius 2 is 1.92 bits per heavy atom. The van der Waals surface area contributed by atoms with E-state index in [4.69, 9.17) is 11.5 Å². The molecule has 0 bridgehead atoms. The van der Waals surface area contributed by atoms with E-state index in [1.54, 1.807) is 0 Å². The molecule has 1 aliphatic carbocycles. The van der Waals surface area contributed by atoms with Crippen molar-refractivity contribution in [3.63, 3.8) is 0 Å². The third kappa shape index (κ3) is 3.22. The average molecular weight is 185 g/mol. The fourth-order valence-electron chi connectivity index (χ4n) is 2.10. The van der Waals surface area contributed by atoms with Crippen LogP contribution in [0.25, 0.3) is 0 Å². The molecule has 76 valence electrons. The topological polar surface area (TPSA) is 81.1 Å². The summed E-state index contributed by atoms with van der Waals surface area (Å²) in [5.74, 6) is 1.10. The van der Waals surface area contributed by atoms with E-state index < -0.39 is 6.03 Å². The molecule has 4 nitrogen and oxygen atoms in total. The van der Waals surface area contributed by atoms with Gasteiger partial charge in [-0.05, 0) is 31.2 Å². The average Bonchev–Trinajstić information content (AvgIpc) is 2.15. The van der Waals surface area contributed by atoms with Gasteiger partial charge in [0.15, 0.2) is 0 Å². The van der Waals surface area contributed by atoms with Crippen molar-refractivity contribution in [1.82, 2.24) is 5.32 Å². The number of carbonyl (C=O) groups excluding carboxylic acids is 1. The Bertz CT molecular complexity index is 172. The largest absolute Gasteiger partial charge is 0.352 e. The van der Waals surface area contributed by atoms with Crippen LogP contribution >= 0.6 is 0 Å². The van der Waals surface area contributed by atoms with Crippen molar-refractivity contribution in [2.24, 2.45) is 23.3 Å². The first-order chi connectivity index (χ1) is 6.24. The van der Waals surface area contributed by atoms with E-state index in [2.05, 4.69) is 5.32 Å². The van der Waals surface area contributed by atoms with Crippen LogP contribution in [0.1, 0.15) is 25.7 Å². The van der Waals surface area contributed by atoms with Gasteiger partial charge < -0.3 is 16.8 Å². The molecule has 1 aliphatic rings. The zero-order valence-electron chi connectivity index (χ0n) is 7.96. The number of urea groups is 1. The molecule has 0 aromatic carbocycles. The Balaban J connectivity index is 2.31. The summed E-state index contributed by atoms with van der Waals surface area (Å²) in [5, 5.41) is 2.66. The zero-order chi connectivity index (χ0) is 9.68. The molecule has 0 saturated heterocycles. The minimum atomic E-state index is -0.429. The summed E-state index contributed by atoms with van der Waals surface area (Å²) >= 11 is 0. The lowest BCUT2D eigenvalue weighted by Gasteiger charge is -2.30. The van der Waals surface area contributed by atoms with Crippen LogP contribution in [0.2, 0.25) is 0 Å². The first-order valence-corrected chi connectivity index (χ1v) is 4.97. The molecule has 1 fully saturated rings. The maximum atomic E-state index is 10.5. The summed E-state index contributed by atoms with van der Waals surface area (Å²) < 4.78 is 0. The van der Waals surface area contributed by atoms with Gasteiger partial charge in [0.05, 0.1) is 0 Å². The summed E-state index contributed by atoms with van der Waals surface area (Å²) in [6, 6.07) is -0.429. The second-order valence-corrected chi connectivity index (χ2v) is 3.79. The van der Waals surface area contributed by atoms with Crippen molar-refractivity contribution in [3.8, 4) is 0 Å². The van der Waals surface area contributed by atoms with Gasteiger partial charge in [-0.25, -0.2) is 4.79 Å². The fourth-order valence-corrected chi connectivity index (χ4v) is 2.10. The Hall–Kier alpha value is -0.770. The number of rotatable bonds is 3. The number of nitrogens with two attached hydrogens (primary N) is 2. The highest BCUT2D eigenvalue weighted by molar-refractivity contribution is 5.71. The molecule has 1 rings (SSSR count). The van der Waals surface area contributed by atoms with Gasteiger partial charge in [-0.3, -0.25) is 0 Å². The SMILES string of the molecule is NCC1CCCCC1CNC(N)=O. The van der Waals surface area contributed by atoms with Crippen molar-refractivity contribution < 1.29 is 4.79 Å². The van der Waals surface area contributed by atoms with Crippen LogP contribution in [-0.2, 0) is 0 Å². The molecule has 0 radical (unpaired) electrons. The van der Waals surface area contributed by atoms with Crippen LogP contribution < -0.4 is 16.8 Å². The van der Waals surface area contributed by atoms with E-state index in [0.29, 0.717) is 18.4 Å². The first kappa shape index (κ1) is 10.3. The van der Waals surface area contributed by atoms with Crippen molar-refractivity contribution in [2.75, 3.05) is 13.1 Å². The third-order valence-corrected chi connectivity index (χ3v) is 2.91. The minimum Gasteiger partial charge on any atom is -0.352 e. The van der Waals surface area contributed by atoms with Crippen LogP contribution in [0.3, 0.4) is 0 Å². The van der Waals surface area contributed by atoms with Crippen LogP contribution in [0, 0.1) is 11.8 Å². The number of carbonyl (C=O) groups is 1. The van der Waals surface area contributed by atoms with Gasteiger partial charge in [0.1, 0.15) is 0 Å². The third-order valence-electron chi connectivity index (χ3n) is 2.91. The summed E-state index contributed by atoms with van der Waals surface area (Å²) in [6.07, 6.45) is 4.89. The molecule has 0 aromatic rings. The highest BCUT2D eigenvalue weighted by atomic mass is 16.2. The molecule has 2 amide bonds. The zero-order valence-corrected chi connectivity index (χ0v) is 7.96. The fraction of sp³-hybridized carbons (Fsp3) is 0.889. The predicted molar refractivity (Wildman–Crippen MR) is 52.1 cm³/mol. The van der Waals surface area contributed by atoms with Gasteiger partial charge in [0.25, 0.3) is 0 Å². The van der Waals surface area contributed by atoms with Crippen molar-refractivity contribution in [2.45, 2.75) is 25.7 Å². The van der Waals surface area contributed by atoms with Crippen molar-refractivity contribution >= 4 is 6.03 Å². The number of hydrogen-bond acceptors (Lipinski definition) is 2. The Kier molecular flexibility index (Phi) is 4.02. The van der Waals surface area contributed by atoms with Crippen LogP contribution in [-0.4, -0.2) is 19.1 Å². The summed E-state index contributed by atoms with van der Waals surface area (Å²) in [6.45, 7) is 1.42. The van der Waals surface area contributed by atoms with Crippen molar-refractivity contribution in [1.29, 1.82) is 0 Å². The summed E-state index contributed by atoms with van der Waals surface area (Å²) in [7, 11) is 0. The second kappa shape index (κ2) is 5.07. The second-order valence-electron chi connectivity index (χ2n) is 3.79. The monoisotopic (exact) mass is 185 g/mol.